The van der Waals surface area contributed by atoms with Crippen LogP contribution in [0.5, 0.6) is 0 Å². The summed E-state index contributed by atoms with van der Waals surface area (Å²) in [6, 6.07) is 5.61. The van der Waals surface area contributed by atoms with Gasteiger partial charge in [0.25, 0.3) is 0 Å². The summed E-state index contributed by atoms with van der Waals surface area (Å²) in [5.41, 5.74) is 2.87. The molecule has 0 aliphatic carbocycles. The zero-order chi connectivity index (χ0) is 17.5. The van der Waals surface area contributed by atoms with Gasteiger partial charge >= 0.3 is 11.9 Å². The molecule has 0 atom stereocenters. The summed E-state index contributed by atoms with van der Waals surface area (Å²) >= 11 is 0. The third-order valence-electron chi connectivity index (χ3n) is 3.26. The van der Waals surface area contributed by atoms with E-state index >= 15 is 0 Å². The number of hydrogen-bond acceptors (Lipinski definition) is 5. The molecule has 128 valence electrons. The van der Waals surface area contributed by atoms with Gasteiger partial charge in [-0.25, -0.2) is 4.79 Å². The molecule has 5 heteroatoms. The Bertz CT molecular complexity index is 543. The molecule has 0 amide bonds. The maximum Gasteiger partial charge on any atom is 0.338 e. The monoisotopic (exact) mass is 322 g/mol. The second-order valence-electron chi connectivity index (χ2n) is 6.37. The molecule has 0 fully saturated rings. The highest BCUT2D eigenvalue weighted by molar-refractivity contribution is 5.89. The first-order valence-corrected chi connectivity index (χ1v) is 7.71. The van der Waals surface area contributed by atoms with E-state index in [2.05, 4.69) is 20.8 Å². The van der Waals surface area contributed by atoms with Crippen LogP contribution in [0.1, 0.15) is 49.2 Å². The number of hydrogen-bond donors (Lipinski definition) is 0. The molecular weight excluding hydrogens is 296 g/mol. The van der Waals surface area contributed by atoms with Crippen LogP contribution in [-0.4, -0.2) is 38.4 Å². The van der Waals surface area contributed by atoms with Crippen molar-refractivity contribution in [3.05, 3.63) is 34.9 Å². The Kier molecular flexibility index (Phi) is 7.23. The Hall–Kier alpha value is -1.88. The van der Waals surface area contributed by atoms with Gasteiger partial charge in [-0.2, -0.15) is 0 Å². The number of carbonyl (C=O) groups is 2. The molecule has 0 radical (unpaired) electrons. The Morgan fingerprint density at radius 2 is 1.61 bits per heavy atom. The van der Waals surface area contributed by atoms with E-state index < -0.39 is 0 Å². The van der Waals surface area contributed by atoms with Crippen molar-refractivity contribution in [3.63, 3.8) is 0 Å². The van der Waals surface area contributed by atoms with E-state index in [-0.39, 0.29) is 43.8 Å². The first kappa shape index (κ1) is 19.2. The van der Waals surface area contributed by atoms with Crippen LogP contribution >= 0.6 is 0 Å². The second-order valence-corrected chi connectivity index (χ2v) is 6.37. The normalized spacial score (nSPS) is 11.2. The highest BCUT2D eigenvalue weighted by atomic mass is 16.6. The highest BCUT2D eigenvalue weighted by Crippen LogP contribution is 2.26. The van der Waals surface area contributed by atoms with Crippen LogP contribution in [-0.2, 0) is 24.4 Å². The minimum Gasteiger partial charge on any atom is -0.463 e. The van der Waals surface area contributed by atoms with E-state index in [4.69, 9.17) is 14.2 Å². The second kappa shape index (κ2) is 8.67. The Morgan fingerprint density at radius 1 is 1.00 bits per heavy atom. The lowest BCUT2D eigenvalue weighted by atomic mass is 9.83. The molecule has 0 unspecified atom stereocenters. The Balaban J connectivity index is 2.38. The third-order valence-corrected chi connectivity index (χ3v) is 3.26. The van der Waals surface area contributed by atoms with Crippen molar-refractivity contribution >= 4 is 11.9 Å². The number of rotatable bonds is 7. The summed E-state index contributed by atoms with van der Waals surface area (Å²) in [7, 11) is 0. The van der Waals surface area contributed by atoms with Crippen molar-refractivity contribution < 1.29 is 23.8 Å². The average Bonchev–Trinajstić information content (AvgIpc) is 2.44. The fourth-order valence-corrected chi connectivity index (χ4v) is 2.26. The van der Waals surface area contributed by atoms with Crippen LogP contribution in [0.3, 0.4) is 0 Å². The predicted octanol–water partition coefficient (Wildman–Crippen LogP) is 3.03. The summed E-state index contributed by atoms with van der Waals surface area (Å²) in [6.07, 6.45) is 0. The van der Waals surface area contributed by atoms with Crippen molar-refractivity contribution in [2.75, 3.05) is 26.4 Å². The molecule has 0 saturated heterocycles. The lowest BCUT2D eigenvalue weighted by molar-refractivity contribution is -0.142. The third kappa shape index (κ3) is 6.82. The van der Waals surface area contributed by atoms with Gasteiger partial charge < -0.3 is 14.2 Å². The topological polar surface area (TPSA) is 61.8 Å². The van der Waals surface area contributed by atoms with Gasteiger partial charge in [0.1, 0.15) is 13.2 Å². The molecule has 0 aromatic heterocycles. The van der Waals surface area contributed by atoms with Gasteiger partial charge in [0, 0.05) is 6.92 Å². The SMILES string of the molecule is CC(=O)OCCOCCOC(=O)c1ccc(C(C)(C)C)c(C)c1. The van der Waals surface area contributed by atoms with E-state index in [1.54, 1.807) is 6.07 Å². The largest absolute Gasteiger partial charge is 0.463 e. The molecule has 1 aromatic rings. The molecule has 23 heavy (non-hydrogen) atoms. The lowest BCUT2D eigenvalue weighted by Gasteiger charge is -2.22. The fourth-order valence-electron chi connectivity index (χ4n) is 2.26. The smallest absolute Gasteiger partial charge is 0.338 e. The number of carbonyl (C=O) groups excluding carboxylic acids is 2. The van der Waals surface area contributed by atoms with E-state index in [1.807, 2.05) is 19.1 Å². The van der Waals surface area contributed by atoms with Crippen molar-refractivity contribution in [3.8, 4) is 0 Å². The molecular formula is C18H26O5. The molecule has 0 N–H and O–H groups in total. The quantitative estimate of drug-likeness (QED) is 0.570. The van der Waals surface area contributed by atoms with Crippen LogP contribution in [0.15, 0.2) is 18.2 Å². The minimum atomic E-state index is -0.364. The summed E-state index contributed by atoms with van der Waals surface area (Å²) in [4.78, 5) is 22.5. The Labute approximate surface area is 137 Å². The highest BCUT2D eigenvalue weighted by Gasteiger charge is 2.17. The molecule has 0 bridgehead atoms. The molecule has 0 aliphatic rings. The first-order chi connectivity index (χ1) is 10.7. The van der Waals surface area contributed by atoms with Crippen LogP contribution in [0.4, 0.5) is 0 Å². The van der Waals surface area contributed by atoms with Crippen LogP contribution in [0, 0.1) is 6.92 Å². The van der Waals surface area contributed by atoms with Gasteiger partial charge in [0.15, 0.2) is 0 Å². The maximum atomic E-state index is 12.0. The summed E-state index contributed by atoms with van der Waals surface area (Å²) in [5.74, 6) is -0.703. The van der Waals surface area contributed by atoms with Gasteiger partial charge in [-0.05, 0) is 35.6 Å². The van der Waals surface area contributed by atoms with Gasteiger partial charge in [0.05, 0.1) is 18.8 Å². The Morgan fingerprint density at radius 3 is 2.13 bits per heavy atom. The maximum absolute atomic E-state index is 12.0. The average molecular weight is 322 g/mol. The van der Waals surface area contributed by atoms with Gasteiger partial charge in [0.2, 0.25) is 0 Å². The molecule has 1 aromatic carbocycles. The lowest BCUT2D eigenvalue weighted by Crippen LogP contribution is -2.16. The predicted molar refractivity (Wildman–Crippen MR) is 87.6 cm³/mol. The van der Waals surface area contributed by atoms with Gasteiger partial charge in [-0.1, -0.05) is 26.8 Å². The summed E-state index contributed by atoms with van der Waals surface area (Å²) < 4.78 is 15.1. The van der Waals surface area contributed by atoms with Crippen molar-refractivity contribution in [2.24, 2.45) is 0 Å². The van der Waals surface area contributed by atoms with E-state index in [0.29, 0.717) is 5.56 Å². The van der Waals surface area contributed by atoms with Crippen molar-refractivity contribution in [1.29, 1.82) is 0 Å². The molecule has 1 rings (SSSR count). The zero-order valence-electron chi connectivity index (χ0n) is 14.6. The number of ether oxygens (including phenoxy) is 3. The number of benzene rings is 1. The van der Waals surface area contributed by atoms with Crippen molar-refractivity contribution in [1.82, 2.24) is 0 Å². The summed E-state index contributed by atoms with van der Waals surface area (Å²) in [6.45, 7) is 10.7. The number of esters is 2. The molecule has 5 nitrogen and oxygen atoms in total. The van der Waals surface area contributed by atoms with Crippen LogP contribution in [0.2, 0.25) is 0 Å². The van der Waals surface area contributed by atoms with Gasteiger partial charge in [-0.3, -0.25) is 4.79 Å². The van der Waals surface area contributed by atoms with E-state index in [9.17, 15) is 9.59 Å². The van der Waals surface area contributed by atoms with Crippen molar-refractivity contribution in [2.45, 2.75) is 40.0 Å². The van der Waals surface area contributed by atoms with Crippen LogP contribution < -0.4 is 0 Å². The molecule has 0 spiro atoms. The zero-order valence-corrected chi connectivity index (χ0v) is 14.6. The number of aryl methyl sites for hydroxylation is 1. The standard InChI is InChI=1S/C18H26O5/c1-13-12-15(6-7-16(13)18(3,4)5)17(20)23-11-9-21-8-10-22-14(2)19/h6-7,12H,8-11H2,1-5H3. The minimum absolute atomic E-state index is 0.0439. The van der Waals surface area contributed by atoms with E-state index in [0.717, 1.165) is 5.56 Å². The van der Waals surface area contributed by atoms with Crippen LogP contribution in [0.25, 0.3) is 0 Å². The molecule has 0 heterocycles. The molecule has 0 aliphatic heterocycles. The molecule has 0 saturated carbocycles. The van der Waals surface area contributed by atoms with E-state index in [1.165, 1.54) is 12.5 Å². The first-order valence-electron chi connectivity index (χ1n) is 7.71. The fraction of sp³-hybridized carbons (Fsp3) is 0.556. The van der Waals surface area contributed by atoms with Gasteiger partial charge in [-0.15, -0.1) is 0 Å². The summed E-state index contributed by atoms with van der Waals surface area (Å²) in [5, 5.41) is 0.